The maximum atomic E-state index is 13.7. The molecule has 0 aliphatic rings. The molecular weight excluding hydrogens is 288 g/mol. The molecule has 17 heavy (non-hydrogen) atoms. The zero-order valence-corrected chi connectivity index (χ0v) is 11.9. The highest BCUT2D eigenvalue weighted by molar-refractivity contribution is 9.10. The van der Waals surface area contributed by atoms with E-state index < -0.39 is 6.17 Å². The average molecular weight is 306 g/mol. The van der Waals surface area contributed by atoms with Crippen molar-refractivity contribution in [1.82, 2.24) is 5.32 Å². The topological polar surface area (TPSA) is 12.0 Å². The van der Waals surface area contributed by atoms with E-state index in [0.29, 0.717) is 10.0 Å². The third-order valence-corrected chi connectivity index (χ3v) is 2.69. The summed E-state index contributed by atoms with van der Waals surface area (Å²) in [6.45, 7) is 6.23. The molecule has 0 amide bonds. The van der Waals surface area contributed by atoms with Crippen LogP contribution >= 0.6 is 15.9 Å². The van der Waals surface area contributed by atoms with E-state index >= 15 is 0 Å². The molecule has 0 heterocycles. The smallest absolute Gasteiger partial charge is 0.124 e. The van der Waals surface area contributed by atoms with Crippen LogP contribution in [0.15, 0.2) is 22.7 Å². The summed E-state index contributed by atoms with van der Waals surface area (Å²) in [4.78, 5) is 0. The molecule has 4 heteroatoms. The Morgan fingerprint density at radius 2 is 1.94 bits per heavy atom. The van der Waals surface area contributed by atoms with Gasteiger partial charge in [-0.1, -0.05) is 15.9 Å². The monoisotopic (exact) mass is 305 g/mol. The van der Waals surface area contributed by atoms with Crippen LogP contribution in [0.5, 0.6) is 0 Å². The lowest BCUT2D eigenvalue weighted by Crippen LogP contribution is -2.40. The zero-order chi connectivity index (χ0) is 13.1. The Morgan fingerprint density at radius 3 is 2.47 bits per heavy atom. The molecule has 1 aromatic carbocycles. The van der Waals surface area contributed by atoms with Crippen molar-refractivity contribution in [3.63, 3.8) is 0 Å². The fourth-order valence-corrected chi connectivity index (χ4v) is 1.99. The van der Waals surface area contributed by atoms with Gasteiger partial charge in [0.25, 0.3) is 0 Å². The zero-order valence-electron chi connectivity index (χ0n) is 10.4. The second kappa shape index (κ2) is 5.91. The molecule has 1 N–H and O–H groups in total. The molecule has 0 saturated carbocycles. The van der Waals surface area contributed by atoms with Crippen LogP contribution in [0.4, 0.5) is 8.78 Å². The molecule has 0 spiro atoms. The van der Waals surface area contributed by atoms with E-state index in [1.54, 1.807) is 6.07 Å². The molecule has 1 unspecified atom stereocenters. The summed E-state index contributed by atoms with van der Waals surface area (Å²) in [5.74, 6) is -0.342. The first-order valence-electron chi connectivity index (χ1n) is 5.60. The Kier molecular flexibility index (Phi) is 5.07. The standard InChI is InChI=1S/C13H18BrF2N/c1-13(2,3)17-8-12(16)6-9-4-10(14)7-11(15)5-9/h4-5,7,12,17H,6,8H2,1-3H3. The van der Waals surface area contributed by atoms with Gasteiger partial charge in [0.1, 0.15) is 12.0 Å². The predicted octanol–water partition coefficient (Wildman–Crippen LogP) is 3.86. The number of benzene rings is 1. The summed E-state index contributed by atoms with van der Waals surface area (Å²) in [6, 6.07) is 4.48. The minimum atomic E-state index is -1.01. The molecule has 96 valence electrons. The Morgan fingerprint density at radius 1 is 1.29 bits per heavy atom. The summed E-state index contributed by atoms with van der Waals surface area (Å²) in [5.41, 5.74) is 0.562. The SMILES string of the molecule is CC(C)(C)NCC(F)Cc1cc(F)cc(Br)c1. The second-order valence-corrected chi connectivity index (χ2v) is 6.13. The largest absolute Gasteiger partial charge is 0.309 e. The number of nitrogens with one attached hydrogen (secondary N) is 1. The molecule has 0 saturated heterocycles. The molecule has 1 aromatic rings. The lowest BCUT2D eigenvalue weighted by atomic mass is 10.1. The Hall–Kier alpha value is -0.480. The minimum absolute atomic E-state index is 0.104. The molecule has 0 aliphatic carbocycles. The van der Waals surface area contributed by atoms with Gasteiger partial charge in [-0.05, 0) is 44.5 Å². The van der Waals surface area contributed by atoms with Gasteiger partial charge in [0.15, 0.2) is 0 Å². The first-order chi connectivity index (χ1) is 7.76. The van der Waals surface area contributed by atoms with Gasteiger partial charge in [0.05, 0.1) is 0 Å². The van der Waals surface area contributed by atoms with Crippen LogP contribution in [0.1, 0.15) is 26.3 Å². The van der Waals surface area contributed by atoms with Crippen molar-refractivity contribution in [1.29, 1.82) is 0 Å². The minimum Gasteiger partial charge on any atom is -0.309 e. The van der Waals surface area contributed by atoms with Crippen LogP contribution in [-0.4, -0.2) is 18.3 Å². The van der Waals surface area contributed by atoms with Crippen LogP contribution in [0.25, 0.3) is 0 Å². The van der Waals surface area contributed by atoms with Gasteiger partial charge in [0, 0.05) is 23.0 Å². The number of hydrogen-bond donors (Lipinski definition) is 1. The van der Waals surface area contributed by atoms with Gasteiger partial charge < -0.3 is 5.32 Å². The van der Waals surface area contributed by atoms with Crippen molar-refractivity contribution in [2.24, 2.45) is 0 Å². The van der Waals surface area contributed by atoms with Crippen LogP contribution in [0.3, 0.4) is 0 Å². The van der Waals surface area contributed by atoms with Crippen molar-refractivity contribution >= 4 is 15.9 Å². The fourth-order valence-electron chi connectivity index (χ4n) is 1.47. The van der Waals surface area contributed by atoms with E-state index in [0.717, 1.165) is 0 Å². The van der Waals surface area contributed by atoms with E-state index in [9.17, 15) is 8.78 Å². The highest BCUT2D eigenvalue weighted by Crippen LogP contribution is 2.17. The average Bonchev–Trinajstić information content (AvgIpc) is 2.11. The van der Waals surface area contributed by atoms with Gasteiger partial charge in [0.2, 0.25) is 0 Å². The van der Waals surface area contributed by atoms with Gasteiger partial charge in [-0.3, -0.25) is 0 Å². The molecule has 1 atom stereocenters. The van der Waals surface area contributed by atoms with E-state index in [1.807, 2.05) is 20.8 Å². The van der Waals surface area contributed by atoms with Crippen molar-refractivity contribution in [2.75, 3.05) is 6.54 Å². The van der Waals surface area contributed by atoms with Crippen LogP contribution in [0.2, 0.25) is 0 Å². The van der Waals surface area contributed by atoms with Crippen molar-refractivity contribution in [2.45, 2.75) is 38.9 Å². The number of hydrogen-bond acceptors (Lipinski definition) is 1. The molecule has 0 radical (unpaired) electrons. The number of rotatable bonds is 4. The van der Waals surface area contributed by atoms with Gasteiger partial charge in [-0.2, -0.15) is 0 Å². The first kappa shape index (κ1) is 14.6. The maximum absolute atomic E-state index is 13.7. The highest BCUT2D eigenvalue weighted by atomic mass is 79.9. The van der Waals surface area contributed by atoms with Crippen LogP contribution < -0.4 is 5.32 Å². The maximum Gasteiger partial charge on any atom is 0.124 e. The summed E-state index contributed by atoms with van der Waals surface area (Å²) < 4.78 is 27.4. The first-order valence-corrected chi connectivity index (χ1v) is 6.39. The van der Waals surface area contributed by atoms with Crippen LogP contribution in [0, 0.1) is 5.82 Å². The molecule has 1 rings (SSSR count). The lowest BCUT2D eigenvalue weighted by molar-refractivity contribution is 0.284. The lowest BCUT2D eigenvalue weighted by Gasteiger charge is -2.22. The molecule has 0 bridgehead atoms. The molecule has 0 aliphatic heterocycles. The summed E-state index contributed by atoms with van der Waals surface area (Å²) in [6.07, 6.45) is -0.790. The van der Waals surface area contributed by atoms with E-state index in [1.165, 1.54) is 12.1 Å². The Balaban J connectivity index is 2.53. The van der Waals surface area contributed by atoms with Gasteiger partial charge in [-0.15, -0.1) is 0 Å². The summed E-state index contributed by atoms with van der Waals surface area (Å²) in [5, 5.41) is 3.09. The van der Waals surface area contributed by atoms with E-state index in [-0.39, 0.29) is 24.3 Å². The molecular formula is C13H18BrF2N. The summed E-state index contributed by atoms with van der Waals surface area (Å²) >= 11 is 3.20. The van der Waals surface area contributed by atoms with Gasteiger partial charge in [-0.25, -0.2) is 8.78 Å². The highest BCUT2D eigenvalue weighted by Gasteiger charge is 2.14. The molecule has 0 aromatic heterocycles. The van der Waals surface area contributed by atoms with E-state index in [4.69, 9.17) is 0 Å². The predicted molar refractivity (Wildman–Crippen MR) is 70.5 cm³/mol. The van der Waals surface area contributed by atoms with Gasteiger partial charge >= 0.3 is 0 Å². The van der Waals surface area contributed by atoms with Crippen molar-refractivity contribution < 1.29 is 8.78 Å². The Bertz CT molecular complexity index is 354. The molecule has 1 nitrogen and oxygen atoms in total. The fraction of sp³-hybridized carbons (Fsp3) is 0.538. The molecule has 0 fully saturated rings. The Labute approximate surface area is 110 Å². The number of alkyl halides is 1. The third-order valence-electron chi connectivity index (χ3n) is 2.23. The third kappa shape index (κ3) is 6.13. The second-order valence-electron chi connectivity index (χ2n) is 5.21. The van der Waals surface area contributed by atoms with Crippen molar-refractivity contribution in [3.8, 4) is 0 Å². The summed E-state index contributed by atoms with van der Waals surface area (Å²) in [7, 11) is 0. The quantitative estimate of drug-likeness (QED) is 0.891. The normalized spacial score (nSPS) is 13.8. The van der Waals surface area contributed by atoms with Crippen LogP contribution in [-0.2, 0) is 6.42 Å². The van der Waals surface area contributed by atoms with E-state index in [2.05, 4.69) is 21.2 Å². The number of halogens is 3. The van der Waals surface area contributed by atoms with Crippen molar-refractivity contribution in [3.05, 3.63) is 34.1 Å².